The van der Waals surface area contributed by atoms with E-state index in [0.717, 1.165) is 47.7 Å². The van der Waals surface area contributed by atoms with Crippen molar-refractivity contribution >= 4 is 39.2 Å². The van der Waals surface area contributed by atoms with Crippen molar-refractivity contribution in [1.29, 1.82) is 0 Å². The maximum atomic E-state index is 13.8. The van der Waals surface area contributed by atoms with E-state index in [0.29, 0.717) is 23.2 Å². The number of hydrogen-bond donors (Lipinski definition) is 2. The van der Waals surface area contributed by atoms with Crippen LogP contribution in [-0.2, 0) is 11.9 Å². The number of allylic oxidation sites excluding steroid dienone is 1. The fraction of sp³-hybridized carbons (Fsp3) is 0.370. The molecule has 186 valence electrons. The van der Waals surface area contributed by atoms with Crippen LogP contribution in [0.15, 0.2) is 47.0 Å². The fourth-order valence-corrected chi connectivity index (χ4v) is 5.62. The van der Waals surface area contributed by atoms with Crippen molar-refractivity contribution in [3.05, 3.63) is 63.6 Å². The zero-order chi connectivity index (χ0) is 25.0. The van der Waals surface area contributed by atoms with Crippen LogP contribution in [0.25, 0.3) is 33.3 Å². The van der Waals surface area contributed by atoms with Gasteiger partial charge in [0.25, 0.3) is 5.91 Å². The van der Waals surface area contributed by atoms with E-state index in [1.54, 1.807) is 6.07 Å². The molecule has 3 aromatic heterocycles. The van der Waals surface area contributed by atoms with Crippen molar-refractivity contribution in [2.45, 2.75) is 32.7 Å². The zero-order valence-corrected chi connectivity index (χ0v) is 20.8. The van der Waals surface area contributed by atoms with Crippen LogP contribution in [0.3, 0.4) is 0 Å². The lowest BCUT2D eigenvalue weighted by molar-refractivity contribution is 0.0950. The van der Waals surface area contributed by atoms with E-state index < -0.39 is 0 Å². The third-order valence-electron chi connectivity index (χ3n) is 7.41. The molecule has 6 rings (SSSR count). The van der Waals surface area contributed by atoms with Crippen LogP contribution in [-0.4, -0.2) is 57.0 Å². The second kappa shape index (κ2) is 8.76. The molecule has 0 aliphatic carbocycles. The van der Waals surface area contributed by atoms with Gasteiger partial charge in [0.15, 0.2) is 5.65 Å². The first-order valence-corrected chi connectivity index (χ1v) is 12.5. The number of rotatable bonds is 5. The zero-order valence-electron chi connectivity index (χ0n) is 20.8. The Kier molecular flexibility index (Phi) is 5.54. The highest BCUT2D eigenvalue weighted by molar-refractivity contribution is 6.05. The van der Waals surface area contributed by atoms with Gasteiger partial charge in [-0.1, -0.05) is 12.1 Å². The van der Waals surface area contributed by atoms with Crippen LogP contribution in [0, 0.1) is 0 Å². The molecule has 5 heterocycles. The van der Waals surface area contributed by atoms with Crippen molar-refractivity contribution in [3.63, 3.8) is 0 Å². The molecule has 0 bridgehead atoms. The van der Waals surface area contributed by atoms with Crippen LogP contribution in [0.4, 0.5) is 0 Å². The van der Waals surface area contributed by atoms with Crippen LogP contribution >= 0.6 is 0 Å². The summed E-state index contributed by atoms with van der Waals surface area (Å²) in [6.07, 6.45) is 2.39. The molecule has 1 unspecified atom stereocenters. The number of para-hydroxylation sites is 2. The quantitative estimate of drug-likeness (QED) is 0.451. The van der Waals surface area contributed by atoms with E-state index in [1.807, 2.05) is 60.2 Å². The molecule has 9 nitrogen and oxygen atoms in total. The Labute approximate surface area is 208 Å². The topological polar surface area (TPSA) is 92.9 Å². The third kappa shape index (κ3) is 3.50. The van der Waals surface area contributed by atoms with Crippen molar-refractivity contribution in [2.24, 2.45) is 7.05 Å². The first kappa shape index (κ1) is 22.8. The van der Waals surface area contributed by atoms with E-state index in [2.05, 4.69) is 15.7 Å². The summed E-state index contributed by atoms with van der Waals surface area (Å²) in [5, 5.41) is 3.42. The van der Waals surface area contributed by atoms with Crippen molar-refractivity contribution in [3.8, 4) is 0 Å². The molecule has 0 radical (unpaired) electrons. The molecule has 36 heavy (non-hydrogen) atoms. The minimum Gasteiger partial charge on any atom is -0.412 e. The number of carbonyl (C=O) groups is 1. The second-order valence-electron chi connectivity index (χ2n) is 9.69. The average Bonchev–Trinajstić information content (AvgIpc) is 3.58. The molecule has 1 saturated heterocycles. The summed E-state index contributed by atoms with van der Waals surface area (Å²) < 4.78 is 3.85. The number of aryl methyl sites for hydroxylation is 1. The van der Waals surface area contributed by atoms with Gasteiger partial charge in [0, 0.05) is 25.7 Å². The lowest BCUT2D eigenvalue weighted by atomic mass is 10.0. The number of imidazole rings is 1. The van der Waals surface area contributed by atoms with Gasteiger partial charge in [-0.25, -0.2) is 4.98 Å². The van der Waals surface area contributed by atoms with Gasteiger partial charge in [-0.05, 0) is 64.0 Å². The number of nitrogens with one attached hydrogen (secondary N) is 2. The molecule has 9 heteroatoms. The number of benzene rings is 1. The number of hydrogen-bond acceptors (Lipinski definition) is 6. The van der Waals surface area contributed by atoms with Gasteiger partial charge in [0.2, 0.25) is 5.43 Å². The monoisotopic (exact) mass is 486 g/mol. The van der Waals surface area contributed by atoms with E-state index in [4.69, 9.17) is 9.82 Å². The molecule has 1 fully saturated rings. The van der Waals surface area contributed by atoms with Gasteiger partial charge in [-0.15, -0.1) is 5.48 Å². The Morgan fingerprint density at radius 1 is 1.17 bits per heavy atom. The molecule has 0 spiro atoms. The van der Waals surface area contributed by atoms with E-state index >= 15 is 0 Å². The highest BCUT2D eigenvalue weighted by atomic mass is 16.7. The second-order valence-corrected chi connectivity index (χ2v) is 9.69. The summed E-state index contributed by atoms with van der Waals surface area (Å²) in [4.78, 5) is 40.1. The summed E-state index contributed by atoms with van der Waals surface area (Å²) in [7, 11) is 1.89. The van der Waals surface area contributed by atoms with Crippen LogP contribution < -0.4 is 16.2 Å². The molecule has 2 aliphatic heterocycles. The number of amides is 1. The summed E-state index contributed by atoms with van der Waals surface area (Å²) >= 11 is 0. The number of likely N-dealkylation sites (tertiary alicyclic amines) is 1. The molecular weight excluding hydrogens is 456 g/mol. The number of hydroxylamine groups is 1. The van der Waals surface area contributed by atoms with Crippen molar-refractivity contribution in [2.75, 3.05) is 26.2 Å². The van der Waals surface area contributed by atoms with Crippen molar-refractivity contribution < 1.29 is 9.63 Å². The van der Waals surface area contributed by atoms with Crippen LogP contribution in [0.2, 0.25) is 0 Å². The SMILES string of the molecule is CC1=C(c2ccc3c(=O)c(C(=O)NCCN4CCCC4)c4n(C)c5ccccc5n4c3n2)C(C)NO1. The highest BCUT2D eigenvalue weighted by Crippen LogP contribution is 2.30. The molecule has 2 aliphatic rings. The number of nitrogens with zero attached hydrogens (tertiary/aromatic N) is 4. The number of pyridine rings is 2. The van der Waals surface area contributed by atoms with Gasteiger partial charge >= 0.3 is 0 Å². The number of aromatic nitrogens is 3. The fourth-order valence-electron chi connectivity index (χ4n) is 5.62. The molecule has 1 atom stereocenters. The Hall–Kier alpha value is -3.69. The number of fused-ring (bicyclic) bond motifs is 5. The molecule has 2 N–H and O–H groups in total. The van der Waals surface area contributed by atoms with E-state index in [-0.39, 0.29) is 22.9 Å². The minimum atomic E-state index is -0.353. The Morgan fingerprint density at radius 3 is 2.64 bits per heavy atom. The van der Waals surface area contributed by atoms with E-state index in [9.17, 15) is 9.59 Å². The normalized spacial score (nSPS) is 18.6. The van der Waals surface area contributed by atoms with Crippen LogP contribution in [0.5, 0.6) is 0 Å². The van der Waals surface area contributed by atoms with Gasteiger partial charge < -0.3 is 19.6 Å². The van der Waals surface area contributed by atoms with E-state index in [1.165, 1.54) is 12.8 Å². The molecule has 0 saturated carbocycles. The smallest absolute Gasteiger partial charge is 0.259 e. The predicted molar refractivity (Wildman–Crippen MR) is 140 cm³/mol. The lowest BCUT2D eigenvalue weighted by Gasteiger charge is -2.15. The van der Waals surface area contributed by atoms with Gasteiger partial charge in [0.05, 0.1) is 28.2 Å². The van der Waals surface area contributed by atoms with Gasteiger partial charge in [0.1, 0.15) is 17.0 Å². The van der Waals surface area contributed by atoms with Crippen LogP contribution in [0.1, 0.15) is 42.7 Å². The highest BCUT2D eigenvalue weighted by Gasteiger charge is 2.27. The summed E-state index contributed by atoms with van der Waals surface area (Å²) in [6, 6.07) is 11.5. The first-order valence-electron chi connectivity index (χ1n) is 12.5. The standard InChI is InChI=1S/C27H30N6O3/c1-16-22(17(2)36-30-16)19-11-10-18-24(34)23(26(35)28-12-15-32-13-6-7-14-32)27-31(3)20-8-4-5-9-21(20)33(27)25(18)29-19/h4-5,8-11,16,30H,6-7,12-15H2,1-3H3,(H,28,35). The Bertz CT molecular complexity index is 1610. The summed E-state index contributed by atoms with van der Waals surface area (Å²) in [5.41, 5.74) is 7.35. The van der Waals surface area contributed by atoms with Crippen molar-refractivity contribution in [1.82, 2.24) is 29.6 Å². The predicted octanol–water partition coefficient (Wildman–Crippen LogP) is 2.82. The maximum Gasteiger partial charge on any atom is 0.259 e. The number of carbonyl (C=O) groups excluding carboxylic acids is 1. The first-order chi connectivity index (χ1) is 17.5. The maximum absolute atomic E-state index is 13.8. The van der Waals surface area contributed by atoms with Gasteiger partial charge in [-0.3, -0.25) is 14.0 Å². The molecule has 1 aromatic carbocycles. The Morgan fingerprint density at radius 2 is 1.92 bits per heavy atom. The third-order valence-corrected chi connectivity index (χ3v) is 7.41. The largest absolute Gasteiger partial charge is 0.412 e. The average molecular weight is 487 g/mol. The summed E-state index contributed by atoms with van der Waals surface area (Å²) in [6.45, 7) is 7.31. The minimum absolute atomic E-state index is 0.0321. The summed E-state index contributed by atoms with van der Waals surface area (Å²) in [5.74, 6) is 0.402. The Balaban J connectivity index is 1.55. The molecular formula is C27H30N6O3. The molecule has 4 aromatic rings. The van der Waals surface area contributed by atoms with Gasteiger partial charge in [-0.2, -0.15) is 0 Å². The molecule has 1 amide bonds. The lowest BCUT2D eigenvalue weighted by Crippen LogP contribution is -2.36.